The molecule has 9 heavy (non-hydrogen) atoms. The average Bonchev–Trinajstić information content (AvgIpc) is 2.13. The summed E-state index contributed by atoms with van der Waals surface area (Å²) in [4.78, 5) is 0. The molecule has 0 spiro atoms. The molecule has 0 aliphatic carbocycles. The molecule has 0 aliphatic heterocycles. The van der Waals surface area contributed by atoms with E-state index in [9.17, 15) is 0 Å². The zero-order valence-electron chi connectivity index (χ0n) is 5.73. The third-order valence-corrected chi connectivity index (χ3v) is 1.26. The van der Waals surface area contributed by atoms with Gasteiger partial charge in [-0.05, 0) is 25.0 Å². The van der Waals surface area contributed by atoms with E-state index in [4.69, 9.17) is 0 Å². The van der Waals surface area contributed by atoms with Crippen LogP contribution in [-0.4, -0.2) is 10.2 Å². The van der Waals surface area contributed by atoms with Crippen LogP contribution in [0.3, 0.4) is 0 Å². The van der Waals surface area contributed by atoms with Crippen molar-refractivity contribution in [3.8, 4) is 0 Å². The van der Waals surface area contributed by atoms with Gasteiger partial charge in [-0.3, -0.25) is 5.10 Å². The maximum Gasteiger partial charge on any atom is 0.0630 e. The fraction of sp³-hybridized carbons (Fsp3) is 0.286. The lowest BCUT2D eigenvalue weighted by Gasteiger charge is -1.92. The van der Waals surface area contributed by atoms with Crippen LogP contribution in [0.1, 0.15) is 18.2 Å². The fourth-order valence-electron chi connectivity index (χ4n) is 0.778. The largest absolute Gasteiger partial charge is 0.278 e. The first kappa shape index (κ1) is 6.08. The van der Waals surface area contributed by atoms with Gasteiger partial charge in [0, 0.05) is 0 Å². The lowest BCUT2D eigenvalue weighted by atomic mass is 10.2. The summed E-state index contributed by atoms with van der Waals surface area (Å²) in [5, 5.41) is 6.71. The Morgan fingerprint density at radius 1 is 1.78 bits per heavy atom. The van der Waals surface area contributed by atoms with E-state index in [1.807, 2.05) is 13.8 Å². The molecule has 0 fully saturated rings. The molecular weight excluding hydrogens is 112 g/mol. The van der Waals surface area contributed by atoms with Crippen LogP contribution < -0.4 is 0 Å². The van der Waals surface area contributed by atoms with Crippen LogP contribution in [0.5, 0.6) is 0 Å². The van der Waals surface area contributed by atoms with Crippen molar-refractivity contribution in [1.82, 2.24) is 10.2 Å². The molecule has 0 unspecified atom stereocenters. The second-order valence-corrected chi connectivity index (χ2v) is 2.21. The van der Waals surface area contributed by atoms with Gasteiger partial charge in [-0.1, -0.05) is 6.58 Å². The molecule has 0 aliphatic rings. The van der Waals surface area contributed by atoms with Crippen molar-refractivity contribution >= 4 is 5.57 Å². The number of hydrogen-bond acceptors (Lipinski definition) is 1. The maximum absolute atomic E-state index is 3.86. The first-order valence-corrected chi connectivity index (χ1v) is 2.87. The van der Waals surface area contributed by atoms with Crippen LogP contribution in [0, 0.1) is 6.92 Å². The summed E-state index contributed by atoms with van der Waals surface area (Å²) in [7, 11) is 0. The summed E-state index contributed by atoms with van der Waals surface area (Å²) in [6.07, 6.45) is 1.80. The van der Waals surface area contributed by atoms with E-state index in [0.717, 1.165) is 16.8 Å². The Balaban J connectivity index is 3.08. The Labute approximate surface area is 54.6 Å². The van der Waals surface area contributed by atoms with Crippen LogP contribution in [0.2, 0.25) is 0 Å². The minimum absolute atomic E-state index is 1.03. The van der Waals surface area contributed by atoms with E-state index < -0.39 is 0 Å². The standard InChI is InChI=1S/C7H10N2/c1-5(2)7-6(3)4-8-9-7/h4H,1H2,2-3H3,(H,8,9). The van der Waals surface area contributed by atoms with Crippen molar-refractivity contribution in [3.63, 3.8) is 0 Å². The number of hydrogen-bond donors (Lipinski definition) is 1. The Hall–Kier alpha value is -1.05. The van der Waals surface area contributed by atoms with Gasteiger partial charge in [0.25, 0.3) is 0 Å². The molecule has 2 heteroatoms. The maximum atomic E-state index is 3.86. The minimum atomic E-state index is 1.03. The number of aromatic nitrogens is 2. The molecule has 2 nitrogen and oxygen atoms in total. The van der Waals surface area contributed by atoms with E-state index in [1.54, 1.807) is 6.20 Å². The third-order valence-electron chi connectivity index (χ3n) is 1.26. The number of rotatable bonds is 1. The zero-order chi connectivity index (χ0) is 6.85. The van der Waals surface area contributed by atoms with Crippen molar-refractivity contribution in [2.75, 3.05) is 0 Å². The molecule has 0 aromatic carbocycles. The van der Waals surface area contributed by atoms with Crippen LogP contribution in [0.25, 0.3) is 5.57 Å². The molecule has 0 amide bonds. The van der Waals surface area contributed by atoms with Crippen LogP contribution >= 0.6 is 0 Å². The topological polar surface area (TPSA) is 28.7 Å². The van der Waals surface area contributed by atoms with Gasteiger partial charge < -0.3 is 0 Å². The van der Waals surface area contributed by atoms with Gasteiger partial charge in [0.2, 0.25) is 0 Å². The molecule has 0 atom stereocenters. The summed E-state index contributed by atoms with van der Waals surface area (Å²) in [6, 6.07) is 0. The summed E-state index contributed by atoms with van der Waals surface area (Å²) in [5.41, 5.74) is 3.24. The van der Waals surface area contributed by atoms with Gasteiger partial charge in [-0.25, -0.2) is 0 Å². The van der Waals surface area contributed by atoms with Gasteiger partial charge in [0.15, 0.2) is 0 Å². The van der Waals surface area contributed by atoms with E-state index in [-0.39, 0.29) is 0 Å². The lowest BCUT2D eigenvalue weighted by molar-refractivity contribution is 1.07. The number of allylic oxidation sites excluding steroid dienone is 1. The Kier molecular flexibility index (Phi) is 1.39. The molecule has 0 saturated heterocycles. The molecule has 0 bridgehead atoms. The molecule has 0 saturated carbocycles. The van der Waals surface area contributed by atoms with Crippen molar-refractivity contribution < 1.29 is 0 Å². The smallest absolute Gasteiger partial charge is 0.0630 e. The summed E-state index contributed by atoms with van der Waals surface area (Å²) in [5.74, 6) is 0. The highest BCUT2D eigenvalue weighted by molar-refractivity contribution is 5.59. The zero-order valence-corrected chi connectivity index (χ0v) is 5.73. The summed E-state index contributed by atoms with van der Waals surface area (Å²) >= 11 is 0. The predicted octanol–water partition coefficient (Wildman–Crippen LogP) is 1.75. The van der Waals surface area contributed by atoms with E-state index in [0.29, 0.717) is 0 Å². The Bertz CT molecular complexity index is 223. The van der Waals surface area contributed by atoms with Gasteiger partial charge in [-0.15, -0.1) is 0 Å². The first-order chi connectivity index (χ1) is 4.22. The lowest BCUT2D eigenvalue weighted by Crippen LogP contribution is -1.79. The number of aryl methyl sites for hydroxylation is 1. The average molecular weight is 122 g/mol. The van der Waals surface area contributed by atoms with Gasteiger partial charge >= 0.3 is 0 Å². The second-order valence-electron chi connectivity index (χ2n) is 2.21. The quantitative estimate of drug-likeness (QED) is 0.604. The summed E-state index contributed by atoms with van der Waals surface area (Å²) in [6.45, 7) is 7.75. The van der Waals surface area contributed by atoms with Crippen LogP contribution in [0.15, 0.2) is 12.8 Å². The fourth-order valence-corrected chi connectivity index (χ4v) is 0.778. The first-order valence-electron chi connectivity index (χ1n) is 2.87. The number of nitrogens with one attached hydrogen (secondary N) is 1. The normalized spacial score (nSPS) is 9.56. The van der Waals surface area contributed by atoms with Crippen LogP contribution in [0.4, 0.5) is 0 Å². The Morgan fingerprint density at radius 3 is 2.67 bits per heavy atom. The molecule has 0 radical (unpaired) electrons. The molecule has 1 N–H and O–H groups in total. The summed E-state index contributed by atoms with van der Waals surface area (Å²) < 4.78 is 0. The molecular formula is C7H10N2. The van der Waals surface area contributed by atoms with Gasteiger partial charge in [-0.2, -0.15) is 5.10 Å². The van der Waals surface area contributed by atoms with E-state index >= 15 is 0 Å². The number of H-pyrrole nitrogens is 1. The Morgan fingerprint density at radius 2 is 2.44 bits per heavy atom. The van der Waals surface area contributed by atoms with Crippen LogP contribution in [-0.2, 0) is 0 Å². The molecule has 48 valence electrons. The third kappa shape index (κ3) is 1.02. The SMILES string of the molecule is C=C(C)c1[nH]ncc1C. The molecule has 1 rings (SSSR count). The molecule has 1 aromatic heterocycles. The van der Waals surface area contributed by atoms with E-state index in [1.165, 1.54) is 0 Å². The van der Waals surface area contributed by atoms with Gasteiger partial charge in [0.05, 0.1) is 11.9 Å². The predicted molar refractivity (Wildman–Crippen MR) is 38.0 cm³/mol. The highest BCUT2D eigenvalue weighted by Gasteiger charge is 1.97. The molecule has 1 aromatic rings. The number of aromatic amines is 1. The van der Waals surface area contributed by atoms with Gasteiger partial charge in [0.1, 0.15) is 0 Å². The van der Waals surface area contributed by atoms with Crippen molar-refractivity contribution in [3.05, 3.63) is 24.0 Å². The number of nitrogens with zero attached hydrogens (tertiary/aromatic N) is 1. The second kappa shape index (κ2) is 2.05. The van der Waals surface area contributed by atoms with E-state index in [2.05, 4.69) is 16.8 Å². The van der Waals surface area contributed by atoms with Crippen molar-refractivity contribution in [2.24, 2.45) is 0 Å². The highest BCUT2D eigenvalue weighted by Crippen LogP contribution is 2.10. The highest BCUT2D eigenvalue weighted by atomic mass is 15.1. The minimum Gasteiger partial charge on any atom is -0.278 e. The van der Waals surface area contributed by atoms with Crippen molar-refractivity contribution in [2.45, 2.75) is 13.8 Å². The van der Waals surface area contributed by atoms with Crippen molar-refractivity contribution in [1.29, 1.82) is 0 Å². The molecule has 1 heterocycles. The monoisotopic (exact) mass is 122 g/mol.